The third-order valence-corrected chi connectivity index (χ3v) is 2.23. The topological polar surface area (TPSA) is 94.3 Å². The van der Waals surface area contributed by atoms with Crippen molar-refractivity contribution >= 4 is 17.6 Å². The summed E-state index contributed by atoms with van der Waals surface area (Å²) in [4.78, 5) is 26.9. The summed E-state index contributed by atoms with van der Waals surface area (Å²) in [6, 6.07) is 0. The highest BCUT2D eigenvalue weighted by Crippen LogP contribution is 2.16. The number of amides is 1. The van der Waals surface area contributed by atoms with Crippen molar-refractivity contribution in [3.8, 4) is 0 Å². The van der Waals surface area contributed by atoms with Crippen LogP contribution in [0.2, 0.25) is 0 Å². The fourth-order valence-electron chi connectivity index (χ4n) is 1.57. The number of ketones is 1. The number of alkyl carbamates (subject to hydrolysis) is 1. The number of carbonyl (C=O) groups excluding carboxylic acids is 2. The van der Waals surface area contributed by atoms with Crippen LogP contribution in [0, 0.1) is 0 Å². The minimum atomic E-state index is -0.568. The molecule has 0 aliphatic carbocycles. The number of rotatable bonds is 3. The van der Waals surface area contributed by atoms with Gasteiger partial charge in [0.2, 0.25) is 0 Å². The lowest BCUT2D eigenvalue weighted by Gasteiger charge is -2.20. The summed E-state index contributed by atoms with van der Waals surface area (Å²) in [6.07, 6.45) is 2.36. The number of nitrogens with two attached hydrogens (primary N) is 1. The molecule has 0 bridgehead atoms. The Morgan fingerprint density at radius 1 is 1.37 bits per heavy atom. The predicted octanol–water partition coefficient (Wildman–Crippen LogP) is 1.89. The summed E-state index contributed by atoms with van der Waals surface area (Å²) in [5, 5.41) is 2.57. The molecule has 19 heavy (non-hydrogen) atoms. The van der Waals surface area contributed by atoms with Crippen molar-refractivity contribution in [1.82, 2.24) is 10.3 Å². The number of hydrogen-bond acceptors (Lipinski definition) is 5. The molecule has 3 N–H and O–H groups in total. The maximum atomic E-state index is 11.5. The van der Waals surface area contributed by atoms with Crippen LogP contribution in [0.25, 0.3) is 0 Å². The molecular weight excluding hydrogens is 246 g/mol. The molecule has 1 aromatic heterocycles. The van der Waals surface area contributed by atoms with Crippen LogP contribution in [0.3, 0.4) is 0 Å². The van der Waals surface area contributed by atoms with Crippen molar-refractivity contribution in [3.05, 3.63) is 23.5 Å². The number of anilines is 1. The van der Waals surface area contributed by atoms with E-state index in [1.807, 2.05) is 0 Å². The van der Waals surface area contributed by atoms with Gasteiger partial charge in [-0.3, -0.25) is 9.78 Å². The average molecular weight is 265 g/mol. The largest absolute Gasteiger partial charge is 0.444 e. The molecule has 0 aliphatic heterocycles. The number of pyridine rings is 1. The first kappa shape index (κ1) is 14.9. The molecule has 0 fully saturated rings. The Labute approximate surface area is 112 Å². The number of Topliss-reactive ketones (excluding diaryl/α,β-unsaturated/α-hetero) is 1. The molecule has 0 spiro atoms. The minimum absolute atomic E-state index is 0.141. The second kappa shape index (κ2) is 5.69. The number of nitrogens with zero attached hydrogens (tertiary/aromatic N) is 1. The SMILES string of the molecule is CC(=O)c1c(N)cncc1CNC(=O)OC(C)(C)C. The number of nitrogens with one attached hydrogen (secondary N) is 1. The van der Waals surface area contributed by atoms with E-state index in [-0.39, 0.29) is 12.3 Å². The van der Waals surface area contributed by atoms with Crippen LogP contribution in [-0.4, -0.2) is 22.5 Å². The Morgan fingerprint density at radius 3 is 2.53 bits per heavy atom. The Bertz CT molecular complexity index is 492. The summed E-state index contributed by atoms with van der Waals surface area (Å²) < 4.78 is 5.10. The number of aromatic nitrogens is 1. The zero-order chi connectivity index (χ0) is 14.6. The van der Waals surface area contributed by atoms with Gasteiger partial charge in [-0.1, -0.05) is 0 Å². The molecule has 6 heteroatoms. The fourth-order valence-corrected chi connectivity index (χ4v) is 1.57. The van der Waals surface area contributed by atoms with Crippen LogP contribution < -0.4 is 11.1 Å². The maximum absolute atomic E-state index is 11.5. The second-order valence-corrected chi connectivity index (χ2v) is 5.17. The summed E-state index contributed by atoms with van der Waals surface area (Å²) in [5.41, 5.74) is 6.39. The molecule has 1 aromatic rings. The van der Waals surface area contributed by atoms with Crippen molar-refractivity contribution in [2.45, 2.75) is 39.8 Å². The van der Waals surface area contributed by atoms with Crippen LogP contribution in [0.5, 0.6) is 0 Å². The molecule has 1 rings (SSSR count). The van der Waals surface area contributed by atoms with Crippen LogP contribution in [0.4, 0.5) is 10.5 Å². The molecule has 0 unspecified atom stereocenters. The standard InChI is InChI=1S/C13H19N3O3/c1-8(17)11-9(5-15-7-10(11)14)6-16-12(18)19-13(2,3)4/h5,7H,6,14H2,1-4H3,(H,16,18). The van der Waals surface area contributed by atoms with Crippen molar-refractivity contribution in [2.75, 3.05) is 5.73 Å². The van der Waals surface area contributed by atoms with E-state index in [0.717, 1.165) is 0 Å². The van der Waals surface area contributed by atoms with Crippen molar-refractivity contribution in [3.63, 3.8) is 0 Å². The first-order valence-corrected chi connectivity index (χ1v) is 5.91. The quantitative estimate of drug-likeness (QED) is 0.814. The van der Waals surface area contributed by atoms with Gasteiger partial charge >= 0.3 is 6.09 Å². The summed E-state index contributed by atoms with van der Waals surface area (Å²) in [5.74, 6) is -0.166. The zero-order valence-electron chi connectivity index (χ0n) is 11.6. The summed E-state index contributed by atoms with van der Waals surface area (Å²) >= 11 is 0. The molecule has 6 nitrogen and oxygen atoms in total. The minimum Gasteiger partial charge on any atom is -0.444 e. The van der Waals surface area contributed by atoms with Crippen LogP contribution in [-0.2, 0) is 11.3 Å². The van der Waals surface area contributed by atoms with Gasteiger partial charge in [0.05, 0.1) is 11.9 Å². The molecular formula is C13H19N3O3. The average Bonchev–Trinajstić information content (AvgIpc) is 2.23. The van der Waals surface area contributed by atoms with Gasteiger partial charge in [-0.05, 0) is 27.7 Å². The van der Waals surface area contributed by atoms with Crippen molar-refractivity contribution in [2.24, 2.45) is 0 Å². The number of nitrogen functional groups attached to an aromatic ring is 1. The Hall–Kier alpha value is -2.11. The second-order valence-electron chi connectivity index (χ2n) is 5.17. The number of ether oxygens (including phenoxy) is 1. The van der Waals surface area contributed by atoms with Crippen molar-refractivity contribution in [1.29, 1.82) is 0 Å². The number of carbonyl (C=O) groups is 2. The van der Waals surface area contributed by atoms with Crippen LogP contribution >= 0.6 is 0 Å². The molecule has 1 heterocycles. The van der Waals surface area contributed by atoms with Gasteiger partial charge in [-0.25, -0.2) is 4.79 Å². The van der Waals surface area contributed by atoms with Crippen LogP contribution in [0.15, 0.2) is 12.4 Å². The van der Waals surface area contributed by atoms with E-state index >= 15 is 0 Å². The summed E-state index contributed by atoms with van der Waals surface area (Å²) in [6.45, 7) is 6.88. The molecule has 0 saturated heterocycles. The van der Waals surface area contributed by atoms with Gasteiger partial charge in [-0.15, -0.1) is 0 Å². The Kier molecular flexibility index (Phi) is 4.47. The molecule has 0 saturated carbocycles. The highest BCUT2D eigenvalue weighted by atomic mass is 16.6. The smallest absolute Gasteiger partial charge is 0.407 e. The molecule has 0 atom stereocenters. The van der Waals surface area contributed by atoms with E-state index < -0.39 is 11.7 Å². The normalized spacial score (nSPS) is 10.9. The van der Waals surface area contributed by atoms with Crippen LogP contribution in [0.1, 0.15) is 43.6 Å². The number of hydrogen-bond donors (Lipinski definition) is 2. The zero-order valence-corrected chi connectivity index (χ0v) is 11.6. The van der Waals surface area contributed by atoms with E-state index in [1.165, 1.54) is 19.3 Å². The van der Waals surface area contributed by atoms with Gasteiger partial charge in [0.15, 0.2) is 5.78 Å². The van der Waals surface area contributed by atoms with Gasteiger partial charge in [0.1, 0.15) is 5.60 Å². The highest BCUT2D eigenvalue weighted by molar-refractivity contribution is 6.00. The lowest BCUT2D eigenvalue weighted by molar-refractivity contribution is 0.0523. The van der Waals surface area contributed by atoms with Gasteiger partial charge < -0.3 is 15.8 Å². The van der Waals surface area contributed by atoms with Crippen molar-refractivity contribution < 1.29 is 14.3 Å². The third-order valence-electron chi connectivity index (χ3n) is 2.23. The lowest BCUT2D eigenvalue weighted by Crippen LogP contribution is -2.32. The lowest BCUT2D eigenvalue weighted by atomic mass is 10.1. The van der Waals surface area contributed by atoms with Gasteiger partial charge in [-0.2, -0.15) is 0 Å². The van der Waals surface area contributed by atoms with Gasteiger partial charge in [0, 0.05) is 23.9 Å². The van der Waals surface area contributed by atoms with E-state index in [1.54, 1.807) is 20.8 Å². The molecule has 0 radical (unpaired) electrons. The monoisotopic (exact) mass is 265 g/mol. The summed E-state index contributed by atoms with van der Waals surface area (Å²) in [7, 11) is 0. The Balaban J connectivity index is 2.76. The molecule has 104 valence electrons. The highest BCUT2D eigenvalue weighted by Gasteiger charge is 2.17. The fraction of sp³-hybridized carbons (Fsp3) is 0.462. The van der Waals surface area contributed by atoms with E-state index in [0.29, 0.717) is 16.8 Å². The van der Waals surface area contributed by atoms with E-state index in [9.17, 15) is 9.59 Å². The first-order valence-electron chi connectivity index (χ1n) is 5.91. The molecule has 0 aromatic carbocycles. The Morgan fingerprint density at radius 2 is 2.00 bits per heavy atom. The maximum Gasteiger partial charge on any atom is 0.407 e. The third kappa shape index (κ3) is 4.57. The van der Waals surface area contributed by atoms with Gasteiger partial charge in [0.25, 0.3) is 0 Å². The van der Waals surface area contributed by atoms with E-state index in [2.05, 4.69) is 10.3 Å². The molecule has 0 aliphatic rings. The molecule has 1 amide bonds. The van der Waals surface area contributed by atoms with E-state index in [4.69, 9.17) is 10.5 Å². The predicted molar refractivity (Wildman–Crippen MR) is 71.7 cm³/mol. The first-order chi connectivity index (χ1) is 8.70.